The zero-order valence-corrected chi connectivity index (χ0v) is 19.5. The van der Waals surface area contributed by atoms with Gasteiger partial charge in [0.15, 0.2) is 0 Å². The molecule has 2 atom stereocenters. The molecule has 2 amide bonds. The minimum atomic E-state index is -0.120. The van der Waals surface area contributed by atoms with E-state index in [-0.39, 0.29) is 29.7 Å². The molecule has 8 heteroatoms. The Hall–Kier alpha value is -1.83. The van der Waals surface area contributed by atoms with Crippen molar-refractivity contribution in [2.24, 2.45) is 11.8 Å². The van der Waals surface area contributed by atoms with Crippen LogP contribution in [0.3, 0.4) is 0 Å². The highest BCUT2D eigenvalue weighted by atomic mass is 35.5. The highest BCUT2D eigenvalue weighted by molar-refractivity contribution is 6.32. The van der Waals surface area contributed by atoms with Crippen molar-refractivity contribution in [2.45, 2.75) is 57.2 Å². The van der Waals surface area contributed by atoms with E-state index in [0.717, 1.165) is 44.2 Å². The molecule has 1 saturated heterocycles. The minimum Gasteiger partial charge on any atom is -0.492 e. The van der Waals surface area contributed by atoms with Gasteiger partial charge in [-0.3, -0.25) is 9.59 Å². The van der Waals surface area contributed by atoms with E-state index in [2.05, 4.69) is 10.6 Å². The van der Waals surface area contributed by atoms with Crippen molar-refractivity contribution in [3.63, 3.8) is 0 Å². The molecule has 3 fully saturated rings. The lowest BCUT2D eigenvalue weighted by Crippen LogP contribution is -2.53. The van der Waals surface area contributed by atoms with Crippen LogP contribution in [-0.4, -0.2) is 62.2 Å². The van der Waals surface area contributed by atoms with Crippen molar-refractivity contribution >= 4 is 23.4 Å². The zero-order chi connectivity index (χ0) is 22.5. The monoisotopic (exact) mass is 463 g/mol. The molecule has 1 aromatic rings. The van der Waals surface area contributed by atoms with Crippen molar-refractivity contribution in [1.29, 1.82) is 0 Å². The van der Waals surface area contributed by atoms with E-state index < -0.39 is 0 Å². The molecule has 7 nitrogen and oxygen atoms in total. The summed E-state index contributed by atoms with van der Waals surface area (Å²) in [6.07, 6.45) is 5.55. The lowest BCUT2D eigenvalue weighted by Gasteiger charge is -2.34. The average molecular weight is 464 g/mol. The highest BCUT2D eigenvalue weighted by Crippen LogP contribution is 2.33. The third-order valence-electron chi connectivity index (χ3n) is 6.36. The summed E-state index contributed by atoms with van der Waals surface area (Å²) in [5.41, 5.74) is 1.01. The largest absolute Gasteiger partial charge is 0.492 e. The van der Waals surface area contributed by atoms with Crippen LogP contribution in [0.15, 0.2) is 18.2 Å². The Kier molecular flexibility index (Phi) is 7.92. The maximum atomic E-state index is 13.5. The molecule has 4 rings (SSSR count). The SMILES string of the molecule is COCCCOc1cc(CN(C(=O)[C@@H]2CNC[C@H](NC(=O)C3CC3)C2)C2CC2)ccc1Cl. The van der Waals surface area contributed by atoms with E-state index in [9.17, 15) is 9.59 Å². The van der Waals surface area contributed by atoms with Crippen LogP contribution in [0.4, 0.5) is 0 Å². The van der Waals surface area contributed by atoms with Gasteiger partial charge < -0.3 is 25.0 Å². The van der Waals surface area contributed by atoms with Crippen LogP contribution in [0.25, 0.3) is 0 Å². The summed E-state index contributed by atoms with van der Waals surface area (Å²) >= 11 is 6.31. The molecule has 176 valence electrons. The van der Waals surface area contributed by atoms with Gasteiger partial charge in [0.2, 0.25) is 11.8 Å². The maximum absolute atomic E-state index is 13.5. The summed E-state index contributed by atoms with van der Waals surface area (Å²) < 4.78 is 10.9. The fraction of sp³-hybridized carbons (Fsp3) is 0.667. The molecular weight excluding hydrogens is 430 g/mol. The third-order valence-corrected chi connectivity index (χ3v) is 6.68. The van der Waals surface area contributed by atoms with E-state index in [0.29, 0.717) is 49.5 Å². The predicted molar refractivity (Wildman–Crippen MR) is 123 cm³/mol. The fourth-order valence-electron chi connectivity index (χ4n) is 4.25. The molecule has 1 aromatic carbocycles. The summed E-state index contributed by atoms with van der Waals surface area (Å²) in [5.74, 6) is 1.02. The van der Waals surface area contributed by atoms with Crippen LogP contribution < -0.4 is 15.4 Å². The first-order chi connectivity index (χ1) is 15.5. The van der Waals surface area contributed by atoms with Gasteiger partial charge in [-0.05, 0) is 49.8 Å². The van der Waals surface area contributed by atoms with Gasteiger partial charge in [-0.25, -0.2) is 0 Å². The van der Waals surface area contributed by atoms with Crippen LogP contribution >= 0.6 is 11.6 Å². The van der Waals surface area contributed by atoms with Gasteiger partial charge in [-0.15, -0.1) is 0 Å². The first-order valence-electron chi connectivity index (χ1n) is 11.8. The number of nitrogens with one attached hydrogen (secondary N) is 2. The maximum Gasteiger partial charge on any atom is 0.227 e. The number of methoxy groups -OCH3 is 1. The molecule has 0 unspecified atom stereocenters. The van der Waals surface area contributed by atoms with Crippen LogP contribution in [-0.2, 0) is 20.9 Å². The van der Waals surface area contributed by atoms with Crippen LogP contribution in [0.1, 0.15) is 44.1 Å². The van der Waals surface area contributed by atoms with Gasteiger partial charge in [-0.2, -0.15) is 0 Å². The Bertz CT molecular complexity index is 812. The number of carbonyl (C=O) groups is 2. The number of rotatable bonds is 11. The number of carbonyl (C=O) groups excluding carboxylic acids is 2. The molecule has 32 heavy (non-hydrogen) atoms. The molecule has 0 radical (unpaired) electrons. The van der Waals surface area contributed by atoms with E-state index in [1.807, 2.05) is 23.1 Å². The summed E-state index contributed by atoms with van der Waals surface area (Å²) in [5, 5.41) is 7.05. The Balaban J connectivity index is 1.37. The van der Waals surface area contributed by atoms with E-state index >= 15 is 0 Å². The molecule has 2 aliphatic carbocycles. The minimum absolute atomic E-state index is 0.0227. The zero-order valence-electron chi connectivity index (χ0n) is 18.8. The van der Waals surface area contributed by atoms with Crippen molar-refractivity contribution < 1.29 is 19.1 Å². The number of hydrogen-bond donors (Lipinski definition) is 2. The van der Waals surface area contributed by atoms with Gasteiger partial charge in [0, 0.05) is 57.8 Å². The molecule has 2 N–H and O–H groups in total. The van der Waals surface area contributed by atoms with E-state index in [1.165, 1.54) is 0 Å². The Morgan fingerprint density at radius 2 is 1.97 bits per heavy atom. The molecular formula is C24H34ClN3O4. The van der Waals surface area contributed by atoms with Crippen LogP contribution in [0.2, 0.25) is 5.02 Å². The lowest BCUT2D eigenvalue weighted by atomic mass is 9.93. The van der Waals surface area contributed by atoms with Gasteiger partial charge in [-0.1, -0.05) is 17.7 Å². The van der Waals surface area contributed by atoms with Gasteiger partial charge >= 0.3 is 0 Å². The van der Waals surface area contributed by atoms with Crippen LogP contribution in [0, 0.1) is 11.8 Å². The first-order valence-corrected chi connectivity index (χ1v) is 12.1. The second-order valence-corrected chi connectivity index (χ2v) is 9.63. The molecule has 0 aromatic heterocycles. The molecule has 2 saturated carbocycles. The van der Waals surface area contributed by atoms with Gasteiger partial charge in [0.05, 0.1) is 17.5 Å². The number of ether oxygens (including phenoxy) is 2. The van der Waals surface area contributed by atoms with Crippen LogP contribution in [0.5, 0.6) is 5.75 Å². The standard InChI is InChI=1S/C24H34ClN3O4/c1-31-9-2-10-32-22-11-16(3-8-21(22)25)15-28(20-6-7-20)24(30)18-12-19(14-26-13-18)27-23(29)17-4-5-17/h3,8,11,17-20,26H,2,4-7,9-10,12-15H2,1H3,(H,27,29)/t18-,19+/m0/s1. The van der Waals surface area contributed by atoms with Crippen molar-refractivity contribution in [1.82, 2.24) is 15.5 Å². The number of nitrogens with zero attached hydrogens (tertiary/aromatic N) is 1. The van der Waals surface area contributed by atoms with Crippen molar-refractivity contribution in [3.8, 4) is 5.75 Å². The Morgan fingerprint density at radius 1 is 1.16 bits per heavy atom. The predicted octanol–water partition coefficient (Wildman–Crippen LogP) is 2.75. The lowest BCUT2D eigenvalue weighted by molar-refractivity contribution is -0.138. The quantitative estimate of drug-likeness (QED) is 0.493. The summed E-state index contributed by atoms with van der Waals surface area (Å²) in [6, 6.07) is 6.06. The number of benzene rings is 1. The van der Waals surface area contributed by atoms with E-state index in [1.54, 1.807) is 7.11 Å². The fourth-order valence-corrected chi connectivity index (χ4v) is 4.42. The number of halogens is 1. The highest BCUT2D eigenvalue weighted by Gasteiger charge is 2.39. The summed E-state index contributed by atoms with van der Waals surface area (Å²) in [7, 11) is 1.67. The smallest absolute Gasteiger partial charge is 0.227 e. The topological polar surface area (TPSA) is 79.9 Å². The van der Waals surface area contributed by atoms with E-state index in [4.69, 9.17) is 21.1 Å². The number of piperidine rings is 1. The molecule has 1 aliphatic heterocycles. The molecule has 3 aliphatic rings. The molecule has 0 spiro atoms. The third kappa shape index (κ3) is 6.36. The molecule has 0 bridgehead atoms. The first kappa shape index (κ1) is 23.3. The second kappa shape index (κ2) is 10.9. The second-order valence-electron chi connectivity index (χ2n) is 9.23. The summed E-state index contributed by atoms with van der Waals surface area (Å²) in [6.45, 7) is 3.10. The number of hydrogen-bond acceptors (Lipinski definition) is 5. The Morgan fingerprint density at radius 3 is 2.69 bits per heavy atom. The van der Waals surface area contributed by atoms with Gasteiger partial charge in [0.25, 0.3) is 0 Å². The number of amides is 2. The normalized spacial score (nSPS) is 22.9. The summed E-state index contributed by atoms with van der Waals surface area (Å²) in [4.78, 5) is 27.6. The average Bonchev–Trinajstić information content (AvgIpc) is 3.69. The van der Waals surface area contributed by atoms with Crippen molar-refractivity contribution in [2.75, 3.05) is 33.4 Å². The van der Waals surface area contributed by atoms with Crippen molar-refractivity contribution in [3.05, 3.63) is 28.8 Å². The Labute approximate surface area is 195 Å². The van der Waals surface area contributed by atoms with Gasteiger partial charge in [0.1, 0.15) is 5.75 Å². The molecule has 1 heterocycles.